The molecular formula is C51H46N6O4S4. The first-order valence-electron chi connectivity index (χ1n) is 21.4. The van der Waals surface area contributed by atoms with Gasteiger partial charge in [-0.3, -0.25) is 0 Å². The smallest absolute Gasteiger partial charge is 0.283 e. The first-order valence-corrected chi connectivity index (χ1v) is 26.0. The normalized spacial score (nSPS) is 18.9. The van der Waals surface area contributed by atoms with Crippen molar-refractivity contribution in [3.05, 3.63) is 211 Å². The van der Waals surface area contributed by atoms with Crippen LogP contribution in [0.5, 0.6) is 0 Å². The van der Waals surface area contributed by atoms with Crippen LogP contribution in [0.2, 0.25) is 0 Å². The molecule has 65 heavy (non-hydrogen) atoms. The number of allylic oxidation sites excluding steroid dienone is 2. The van der Waals surface area contributed by atoms with Gasteiger partial charge in [0.15, 0.2) is 11.6 Å². The maximum atomic E-state index is 13.8. The van der Waals surface area contributed by atoms with Crippen LogP contribution >= 0.6 is 22.7 Å². The van der Waals surface area contributed by atoms with Gasteiger partial charge in [0.2, 0.25) is 0 Å². The topological polar surface area (TPSA) is 142 Å². The number of hydrogen-bond donors (Lipinski definition) is 2. The average molecular weight is 935 g/mol. The maximum absolute atomic E-state index is 13.8. The van der Waals surface area contributed by atoms with E-state index in [1.54, 1.807) is 59.1 Å². The summed E-state index contributed by atoms with van der Waals surface area (Å²) in [4.78, 5) is 2.76. The van der Waals surface area contributed by atoms with Crippen molar-refractivity contribution in [2.24, 2.45) is 0 Å². The van der Waals surface area contributed by atoms with Crippen LogP contribution in [0.4, 0.5) is 11.6 Å². The molecule has 4 aromatic heterocycles. The van der Waals surface area contributed by atoms with Crippen molar-refractivity contribution in [1.29, 1.82) is 0 Å². The van der Waals surface area contributed by atoms with Gasteiger partial charge < -0.3 is 11.1 Å². The Labute approximate surface area is 387 Å². The van der Waals surface area contributed by atoms with E-state index in [2.05, 4.69) is 81.6 Å². The summed E-state index contributed by atoms with van der Waals surface area (Å²) < 4.78 is 57.0. The van der Waals surface area contributed by atoms with Gasteiger partial charge in [-0.15, -0.1) is 32.9 Å². The van der Waals surface area contributed by atoms with Crippen molar-refractivity contribution in [1.82, 2.24) is 18.4 Å². The number of nitrogens with one attached hydrogen (secondary N) is 1. The molecule has 2 atom stereocenters. The van der Waals surface area contributed by atoms with Crippen LogP contribution < -0.4 is 11.1 Å². The summed E-state index contributed by atoms with van der Waals surface area (Å²) in [5, 5.41) is 16.5. The van der Waals surface area contributed by atoms with E-state index < -0.39 is 30.9 Å². The molecular weight excluding hydrogens is 889 g/mol. The molecule has 2 unspecified atom stereocenters. The Morgan fingerprint density at radius 2 is 1.03 bits per heavy atom. The molecule has 10 nitrogen and oxygen atoms in total. The fourth-order valence-corrected chi connectivity index (χ4v) is 13.3. The second kappa shape index (κ2) is 16.6. The molecule has 3 N–H and O–H groups in total. The zero-order valence-corrected chi connectivity index (χ0v) is 39.0. The second-order valence-corrected chi connectivity index (χ2v) is 22.3. The van der Waals surface area contributed by atoms with E-state index in [9.17, 15) is 16.8 Å². The van der Waals surface area contributed by atoms with E-state index in [1.165, 1.54) is 8.96 Å². The van der Waals surface area contributed by atoms with Gasteiger partial charge in [-0.1, -0.05) is 132 Å². The van der Waals surface area contributed by atoms with Crippen molar-refractivity contribution in [3.8, 4) is 0 Å². The predicted octanol–water partition coefficient (Wildman–Crippen LogP) is 10.2. The fourth-order valence-electron chi connectivity index (χ4n) is 8.79. The highest BCUT2D eigenvalue weighted by Crippen LogP contribution is 2.47. The zero-order chi connectivity index (χ0) is 45.0. The van der Waals surface area contributed by atoms with Crippen LogP contribution in [0.3, 0.4) is 0 Å². The van der Waals surface area contributed by atoms with Crippen molar-refractivity contribution in [2.45, 2.75) is 66.2 Å². The second-order valence-electron chi connectivity index (χ2n) is 16.8. The minimum absolute atomic E-state index is 0.194. The molecule has 1 saturated carbocycles. The molecule has 1 fully saturated rings. The van der Waals surface area contributed by atoms with Gasteiger partial charge in [0.05, 0.1) is 32.0 Å². The van der Waals surface area contributed by atoms with Gasteiger partial charge >= 0.3 is 0 Å². The van der Waals surface area contributed by atoms with Crippen LogP contribution in [-0.4, -0.2) is 41.2 Å². The number of thiophene rings is 2. The zero-order valence-electron chi connectivity index (χ0n) is 35.7. The minimum atomic E-state index is -3.88. The molecule has 0 aliphatic heterocycles. The summed E-state index contributed by atoms with van der Waals surface area (Å²) in [5.74, 6) is 0.868. The van der Waals surface area contributed by atoms with Crippen LogP contribution in [0.25, 0.3) is 12.2 Å². The van der Waals surface area contributed by atoms with Gasteiger partial charge in [0.1, 0.15) is 0 Å². The molecule has 3 aliphatic rings. The van der Waals surface area contributed by atoms with Crippen molar-refractivity contribution < 1.29 is 16.8 Å². The van der Waals surface area contributed by atoms with Crippen molar-refractivity contribution in [2.75, 3.05) is 11.1 Å². The number of nitrogen functional groups attached to an aromatic ring is 1. The summed E-state index contributed by atoms with van der Waals surface area (Å²) in [5.41, 5.74) is 12.3. The van der Waals surface area contributed by atoms with E-state index in [0.29, 0.717) is 41.7 Å². The first-order chi connectivity index (χ1) is 31.4. The standard InChI is InChI=1S/C27H25N3O2S2.C24H21N3O2S2/c1-19-9-13-22(14-10-19)34(31,32)30-24-18-27(25-8-5-17-33-25,20-6-3-2-4-7-20)16-15-23(24)26(29-30)28-21-11-12-21;1-17-9-11-19(12-10-17)31(28,29)27-21-16-24(22-8-5-15-30-22,18-6-3-2-4-7-18)14-13-20(21)23(25)26-27/h2-10,13-17,21H,11-12,18H2,1H3,(H,28,29);2-15H,16H2,1H3,(H2,25,26). The van der Waals surface area contributed by atoms with E-state index in [1.807, 2.05) is 79.9 Å². The monoisotopic (exact) mass is 934 g/mol. The minimum Gasteiger partial charge on any atom is -0.382 e. The molecule has 0 amide bonds. The number of nitrogens with two attached hydrogens (primary N) is 1. The Morgan fingerprint density at radius 3 is 1.48 bits per heavy atom. The molecule has 0 spiro atoms. The quantitative estimate of drug-likeness (QED) is 0.138. The van der Waals surface area contributed by atoms with E-state index in [0.717, 1.165) is 49.6 Å². The average Bonchev–Trinajstić information content (AvgIpc) is 3.76. The number of benzene rings is 4. The number of anilines is 2. The highest BCUT2D eigenvalue weighted by molar-refractivity contribution is 7.90. The Kier molecular flexibility index (Phi) is 10.9. The van der Waals surface area contributed by atoms with Gasteiger partial charge in [-0.05, 0) is 85.0 Å². The lowest BCUT2D eigenvalue weighted by Crippen LogP contribution is -2.32. The third-order valence-corrected chi connectivity index (χ3v) is 17.8. The van der Waals surface area contributed by atoms with E-state index >= 15 is 0 Å². The molecule has 14 heteroatoms. The number of nitrogens with zero attached hydrogens (tertiary/aromatic N) is 4. The Balaban J connectivity index is 0.000000154. The SMILES string of the molecule is Cc1ccc(S(=O)(=O)n2nc(N)c3c2CC(c2ccccc2)(c2cccs2)C=C3)cc1.Cc1ccc(S(=O)(=O)n2nc(NC3CC3)c3c2CC(c2ccccc2)(c2cccs2)C=C3)cc1. The lowest BCUT2D eigenvalue weighted by atomic mass is 9.72. The summed E-state index contributed by atoms with van der Waals surface area (Å²) in [7, 11) is -7.74. The van der Waals surface area contributed by atoms with Gasteiger partial charge in [-0.2, -0.15) is 25.0 Å². The third kappa shape index (κ3) is 7.67. The predicted molar refractivity (Wildman–Crippen MR) is 262 cm³/mol. The third-order valence-electron chi connectivity index (χ3n) is 12.5. The van der Waals surface area contributed by atoms with Crippen LogP contribution in [0.1, 0.15) is 67.4 Å². The lowest BCUT2D eigenvalue weighted by Gasteiger charge is -2.33. The van der Waals surface area contributed by atoms with Crippen molar-refractivity contribution in [3.63, 3.8) is 0 Å². The van der Waals surface area contributed by atoms with Crippen LogP contribution in [0, 0.1) is 13.8 Å². The van der Waals surface area contributed by atoms with Gasteiger partial charge in [0.25, 0.3) is 20.0 Å². The summed E-state index contributed by atoms with van der Waals surface area (Å²) in [6.07, 6.45) is 11.4. The van der Waals surface area contributed by atoms with Gasteiger partial charge in [0, 0.05) is 39.8 Å². The molecule has 0 radical (unpaired) electrons. The highest BCUT2D eigenvalue weighted by Gasteiger charge is 2.42. The number of fused-ring (bicyclic) bond motifs is 2. The Morgan fingerprint density at radius 1 is 0.585 bits per heavy atom. The molecule has 8 aromatic rings. The Bertz CT molecular complexity index is 3280. The highest BCUT2D eigenvalue weighted by atomic mass is 32.2. The molecule has 4 heterocycles. The van der Waals surface area contributed by atoms with Crippen LogP contribution in [0.15, 0.2) is 166 Å². The largest absolute Gasteiger partial charge is 0.382 e. The molecule has 0 bridgehead atoms. The van der Waals surface area contributed by atoms with Crippen LogP contribution in [-0.2, 0) is 43.7 Å². The first kappa shape index (κ1) is 42.6. The Hall–Kier alpha value is -6.32. The number of aromatic nitrogens is 4. The summed E-state index contributed by atoms with van der Waals surface area (Å²) in [6, 6.07) is 42.9. The van der Waals surface area contributed by atoms with E-state index in [4.69, 9.17) is 5.73 Å². The molecule has 4 aromatic carbocycles. The number of aryl methyl sites for hydroxylation is 2. The summed E-state index contributed by atoms with van der Waals surface area (Å²) in [6.45, 7) is 3.87. The molecule has 328 valence electrons. The fraction of sp³-hybridized carbons (Fsp3) is 0.176. The van der Waals surface area contributed by atoms with Gasteiger partial charge in [-0.25, -0.2) is 0 Å². The maximum Gasteiger partial charge on any atom is 0.283 e. The lowest BCUT2D eigenvalue weighted by molar-refractivity contribution is 0.565. The van der Waals surface area contributed by atoms with E-state index in [-0.39, 0.29) is 15.6 Å². The number of rotatable bonds is 10. The molecule has 11 rings (SSSR count). The van der Waals surface area contributed by atoms with Crippen molar-refractivity contribution >= 4 is 66.5 Å². The summed E-state index contributed by atoms with van der Waals surface area (Å²) >= 11 is 3.34. The molecule has 0 saturated heterocycles. The molecule has 3 aliphatic carbocycles. The number of hydrogen-bond acceptors (Lipinski definition) is 10.